The van der Waals surface area contributed by atoms with Crippen LogP contribution in [0.5, 0.6) is 11.5 Å². The number of para-hydroxylation sites is 2. The van der Waals surface area contributed by atoms with Crippen LogP contribution in [-0.4, -0.2) is 60.5 Å². The molecule has 1 atom stereocenters. The molecule has 0 bridgehead atoms. The van der Waals surface area contributed by atoms with Crippen LogP contribution in [0.4, 0.5) is 0 Å². The van der Waals surface area contributed by atoms with E-state index in [4.69, 9.17) is 9.47 Å². The predicted molar refractivity (Wildman–Crippen MR) is 110 cm³/mol. The molecule has 2 amide bonds. The molecule has 3 aliphatic rings. The van der Waals surface area contributed by atoms with Gasteiger partial charge in [-0.2, -0.15) is 0 Å². The Labute approximate surface area is 173 Å². The smallest absolute Gasteiger partial charge is 0.227 e. The zero-order chi connectivity index (χ0) is 20.2. The summed E-state index contributed by atoms with van der Waals surface area (Å²) in [4.78, 5) is 29.3. The number of rotatable bonds is 6. The fourth-order valence-electron chi connectivity index (χ4n) is 4.42. The van der Waals surface area contributed by atoms with E-state index in [9.17, 15) is 9.59 Å². The van der Waals surface area contributed by atoms with Crippen LogP contribution in [0, 0.1) is 11.8 Å². The molecular formula is C23H32N2O4. The first kappa shape index (κ1) is 20.0. The Balaban J connectivity index is 1.28. The molecule has 1 aliphatic carbocycles. The molecule has 6 nitrogen and oxygen atoms in total. The predicted octanol–water partition coefficient (Wildman–Crippen LogP) is 3.10. The van der Waals surface area contributed by atoms with Crippen molar-refractivity contribution in [3.8, 4) is 11.5 Å². The Bertz CT molecular complexity index is 725. The number of amides is 2. The largest absolute Gasteiger partial charge is 0.490 e. The van der Waals surface area contributed by atoms with Gasteiger partial charge in [0.25, 0.3) is 0 Å². The summed E-state index contributed by atoms with van der Waals surface area (Å²) in [6.07, 6.45) is 5.61. The third kappa shape index (κ3) is 4.85. The van der Waals surface area contributed by atoms with Crippen molar-refractivity contribution < 1.29 is 19.1 Å². The second-order valence-corrected chi connectivity index (χ2v) is 8.42. The highest BCUT2D eigenvalue weighted by Gasteiger charge is 2.38. The monoisotopic (exact) mass is 400 g/mol. The van der Waals surface area contributed by atoms with Crippen LogP contribution in [-0.2, 0) is 9.59 Å². The highest BCUT2D eigenvalue weighted by atomic mass is 16.5. The minimum atomic E-state index is -0.0393. The highest BCUT2D eigenvalue weighted by molar-refractivity contribution is 5.83. The highest BCUT2D eigenvalue weighted by Crippen LogP contribution is 2.33. The minimum absolute atomic E-state index is 0.0393. The molecule has 1 aromatic carbocycles. The molecule has 1 saturated carbocycles. The van der Waals surface area contributed by atoms with Crippen molar-refractivity contribution >= 4 is 11.8 Å². The van der Waals surface area contributed by atoms with E-state index in [-0.39, 0.29) is 29.8 Å². The number of carbonyl (C=O) groups excluding carboxylic acids is 2. The van der Waals surface area contributed by atoms with Gasteiger partial charge in [0.2, 0.25) is 11.8 Å². The second kappa shape index (κ2) is 9.06. The van der Waals surface area contributed by atoms with E-state index in [0.29, 0.717) is 26.2 Å². The van der Waals surface area contributed by atoms with E-state index >= 15 is 0 Å². The van der Waals surface area contributed by atoms with E-state index in [1.54, 1.807) is 0 Å². The molecule has 158 valence electrons. The minimum Gasteiger partial charge on any atom is -0.490 e. The van der Waals surface area contributed by atoms with E-state index in [1.807, 2.05) is 41.0 Å². The van der Waals surface area contributed by atoms with E-state index in [0.717, 1.165) is 56.6 Å². The number of ether oxygens (including phenoxy) is 2. The molecule has 0 radical (unpaired) electrons. The number of benzene rings is 1. The van der Waals surface area contributed by atoms with Gasteiger partial charge in [-0.15, -0.1) is 0 Å². The molecule has 0 aromatic heterocycles. The first-order chi connectivity index (χ1) is 14.2. The standard InChI is InChI=1S/C23H32N2O4/c1-2-28-20-7-3-4-8-21(20)29-19-11-14-24(15-12-19)23(27)18-6-5-13-25(16-18)22(26)17-9-10-17/h3-4,7-8,17-19H,2,5-6,9-16H2,1H3. The van der Waals surface area contributed by atoms with Crippen molar-refractivity contribution in [3.05, 3.63) is 24.3 Å². The maximum Gasteiger partial charge on any atom is 0.227 e. The average Bonchev–Trinajstić information content (AvgIpc) is 3.60. The number of nitrogens with zero attached hydrogens (tertiary/aromatic N) is 2. The van der Waals surface area contributed by atoms with Gasteiger partial charge in [0.05, 0.1) is 12.5 Å². The molecule has 3 fully saturated rings. The van der Waals surface area contributed by atoms with Crippen LogP contribution in [0.1, 0.15) is 45.4 Å². The van der Waals surface area contributed by atoms with Crippen molar-refractivity contribution in [2.75, 3.05) is 32.8 Å². The summed E-state index contributed by atoms with van der Waals surface area (Å²) in [6, 6.07) is 7.76. The molecule has 2 heterocycles. The third-order valence-electron chi connectivity index (χ3n) is 6.21. The van der Waals surface area contributed by atoms with Crippen LogP contribution in [0.3, 0.4) is 0 Å². The van der Waals surface area contributed by atoms with Gasteiger partial charge in [-0.1, -0.05) is 12.1 Å². The molecule has 1 aromatic rings. The molecule has 0 N–H and O–H groups in total. The Morgan fingerprint density at radius 1 is 0.897 bits per heavy atom. The molecule has 2 saturated heterocycles. The normalized spacial score (nSPS) is 23.0. The first-order valence-electron chi connectivity index (χ1n) is 11.1. The quantitative estimate of drug-likeness (QED) is 0.736. The lowest BCUT2D eigenvalue weighted by atomic mass is 9.95. The number of likely N-dealkylation sites (tertiary alicyclic amines) is 2. The maximum absolute atomic E-state index is 13.0. The topological polar surface area (TPSA) is 59.1 Å². The van der Waals surface area contributed by atoms with Crippen molar-refractivity contribution in [1.82, 2.24) is 9.80 Å². The summed E-state index contributed by atoms with van der Waals surface area (Å²) in [5.41, 5.74) is 0. The van der Waals surface area contributed by atoms with E-state index in [2.05, 4.69) is 0 Å². The number of carbonyl (C=O) groups is 2. The number of hydrogen-bond donors (Lipinski definition) is 0. The molecule has 2 aliphatic heterocycles. The van der Waals surface area contributed by atoms with Crippen molar-refractivity contribution in [1.29, 1.82) is 0 Å². The summed E-state index contributed by atoms with van der Waals surface area (Å²) >= 11 is 0. The van der Waals surface area contributed by atoms with Crippen LogP contribution in [0.2, 0.25) is 0 Å². The molecule has 4 rings (SSSR count). The van der Waals surface area contributed by atoms with Gasteiger partial charge in [0.15, 0.2) is 11.5 Å². The first-order valence-corrected chi connectivity index (χ1v) is 11.1. The average molecular weight is 401 g/mol. The lowest BCUT2D eigenvalue weighted by molar-refractivity contribution is -0.142. The van der Waals surface area contributed by atoms with Gasteiger partial charge in [-0.3, -0.25) is 9.59 Å². The van der Waals surface area contributed by atoms with Gasteiger partial charge < -0.3 is 19.3 Å². The van der Waals surface area contributed by atoms with E-state index < -0.39 is 0 Å². The SMILES string of the molecule is CCOc1ccccc1OC1CCN(C(=O)C2CCCN(C(=O)C3CC3)C2)CC1. The Kier molecular flexibility index (Phi) is 6.26. The molecule has 1 unspecified atom stereocenters. The fourth-order valence-corrected chi connectivity index (χ4v) is 4.42. The maximum atomic E-state index is 13.0. The van der Waals surface area contributed by atoms with Crippen LogP contribution in [0.15, 0.2) is 24.3 Å². The zero-order valence-corrected chi connectivity index (χ0v) is 17.3. The summed E-state index contributed by atoms with van der Waals surface area (Å²) in [6.45, 7) is 5.42. The summed E-state index contributed by atoms with van der Waals surface area (Å²) < 4.78 is 11.8. The van der Waals surface area contributed by atoms with Crippen LogP contribution < -0.4 is 9.47 Å². The van der Waals surface area contributed by atoms with Crippen LogP contribution in [0.25, 0.3) is 0 Å². The number of piperidine rings is 2. The van der Waals surface area contributed by atoms with Crippen LogP contribution >= 0.6 is 0 Å². The summed E-state index contributed by atoms with van der Waals surface area (Å²) in [7, 11) is 0. The third-order valence-corrected chi connectivity index (χ3v) is 6.21. The van der Waals surface area contributed by atoms with Crippen molar-refractivity contribution in [2.45, 2.75) is 51.6 Å². The lowest BCUT2D eigenvalue weighted by Crippen LogP contribution is -2.49. The molecule has 6 heteroatoms. The molecule has 0 spiro atoms. The number of hydrogen-bond acceptors (Lipinski definition) is 4. The molecular weight excluding hydrogens is 368 g/mol. The van der Waals surface area contributed by atoms with Gasteiger partial charge in [0, 0.05) is 44.9 Å². The fraction of sp³-hybridized carbons (Fsp3) is 0.652. The van der Waals surface area contributed by atoms with Gasteiger partial charge in [-0.05, 0) is 44.7 Å². The Morgan fingerprint density at radius 3 is 2.28 bits per heavy atom. The van der Waals surface area contributed by atoms with Gasteiger partial charge >= 0.3 is 0 Å². The van der Waals surface area contributed by atoms with E-state index in [1.165, 1.54) is 0 Å². The lowest BCUT2D eigenvalue weighted by Gasteiger charge is -2.38. The Morgan fingerprint density at radius 2 is 1.59 bits per heavy atom. The Hall–Kier alpha value is -2.24. The van der Waals surface area contributed by atoms with Gasteiger partial charge in [0.1, 0.15) is 6.10 Å². The summed E-state index contributed by atoms with van der Waals surface area (Å²) in [5.74, 6) is 2.23. The van der Waals surface area contributed by atoms with Crippen molar-refractivity contribution in [3.63, 3.8) is 0 Å². The van der Waals surface area contributed by atoms with Crippen molar-refractivity contribution in [2.24, 2.45) is 11.8 Å². The van der Waals surface area contributed by atoms with Gasteiger partial charge in [-0.25, -0.2) is 0 Å². The summed E-state index contributed by atoms with van der Waals surface area (Å²) in [5, 5.41) is 0. The zero-order valence-electron chi connectivity index (χ0n) is 17.3. The molecule has 29 heavy (non-hydrogen) atoms. The second-order valence-electron chi connectivity index (χ2n) is 8.42.